The molecule has 0 spiro atoms. The molecular weight excluding hydrogens is 164 g/mol. The van der Waals surface area contributed by atoms with Crippen molar-refractivity contribution in [3.05, 3.63) is 23.8 Å². The van der Waals surface area contributed by atoms with Crippen molar-refractivity contribution >= 4 is 11.4 Å². The first kappa shape index (κ1) is 9.86. The van der Waals surface area contributed by atoms with Gasteiger partial charge in [-0.2, -0.15) is 0 Å². The van der Waals surface area contributed by atoms with Crippen LogP contribution in [0, 0.1) is 0 Å². The number of nitrogens with two attached hydrogens (primary N) is 1. The van der Waals surface area contributed by atoms with Crippen LogP contribution in [0.5, 0.6) is 0 Å². The molecule has 0 bridgehead atoms. The second kappa shape index (κ2) is 4.72. The van der Waals surface area contributed by atoms with E-state index in [4.69, 9.17) is 10.5 Å². The number of nitrogen functional groups attached to an aromatic ring is 1. The fourth-order valence-electron chi connectivity index (χ4n) is 1.25. The molecule has 0 saturated heterocycles. The number of hydrogen-bond donors (Lipinski definition) is 2. The Kier molecular flexibility index (Phi) is 3.58. The van der Waals surface area contributed by atoms with Crippen molar-refractivity contribution < 1.29 is 4.74 Å². The highest BCUT2D eigenvalue weighted by Crippen LogP contribution is 2.19. The van der Waals surface area contributed by atoms with Crippen molar-refractivity contribution in [1.29, 1.82) is 0 Å². The molecule has 0 atom stereocenters. The highest BCUT2D eigenvalue weighted by molar-refractivity contribution is 5.57. The van der Waals surface area contributed by atoms with Gasteiger partial charge >= 0.3 is 0 Å². The molecule has 0 aliphatic carbocycles. The molecule has 1 aromatic carbocycles. The molecular formula is C10H16N2O. The maximum atomic E-state index is 5.67. The van der Waals surface area contributed by atoms with Crippen molar-refractivity contribution in [2.24, 2.45) is 0 Å². The average Bonchev–Trinajstić information content (AvgIpc) is 2.10. The minimum atomic E-state index is 0.591. The Morgan fingerprint density at radius 3 is 2.85 bits per heavy atom. The smallest absolute Gasteiger partial charge is 0.0733 e. The number of hydrogen-bond acceptors (Lipinski definition) is 3. The van der Waals surface area contributed by atoms with Gasteiger partial charge in [0, 0.05) is 30.6 Å². The molecule has 0 radical (unpaired) electrons. The minimum absolute atomic E-state index is 0.591. The van der Waals surface area contributed by atoms with Crippen LogP contribution in [0.15, 0.2) is 18.2 Å². The lowest BCUT2D eigenvalue weighted by Gasteiger charge is -2.10. The molecule has 0 saturated carbocycles. The summed E-state index contributed by atoms with van der Waals surface area (Å²) in [6, 6.07) is 5.80. The second-order valence-corrected chi connectivity index (χ2v) is 2.88. The SMILES string of the molecule is CCNc1ccc(N)cc1COC. The number of ether oxygens (including phenoxy) is 1. The molecule has 0 aliphatic rings. The number of benzene rings is 1. The number of rotatable bonds is 4. The van der Waals surface area contributed by atoms with E-state index in [9.17, 15) is 0 Å². The van der Waals surface area contributed by atoms with Gasteiger partial charge < -0.3 is 15.8 Å². The standard InChI is InChI=1S/C10H16N2O/c1-3-12-10-5-4-9(11)6-8(10)7-13-2/h4-6,12H,3,7,11H2,1-2H3. The lowest BCUT2D eigenvalue weighted by Crippen LogP contribution is -2.02. The maximum Gasteiger partial charge on any atom is 0.0733 e. The van der Waals surface area contributed by atoms with Crippen molar-refractivity contribution in [2.75, 3.05) is 24.7 Å². The monoisotopic (exact) mass is 180 g/mol. The third kappa shape index (κ3) is 2.63. The Labute approximate surface area is 78.9 Å². The zero-order chi connectivity index (χ0) is 9.68. The minimum Gasteiger partial charge on any atom is -0.399 e. The van der Waals surface area contributed by atoms with Gasteiger partial charge in [-0.15, -0.1) is 0 Å². The topological polar surface area (TPSA) is 47.3 Å². The summed E-state index contributed by atoms with van der Waals surface area (Å²) in [6.45, 7) is 3.56. The van der Waals surface area contributed by atoms with E-state index < -0.39 is 0 Å². The molecule has 0 aromatic heterocycles. The van der Waals surface area contributed by atoms with Gasteiger partial charge in [-0.1, -0.05) is 0 Å². The van der Waals surface area contributed by atoms with E-state index in [1.165, 1.54) is 0 Å². The van der Waals surface area contributed by atoms with Crippen molar-refractivity contribution in [2.45, 2.75) is 13.5 Å². The van der Waals surface area contributed by atoms with Gasteiger partial charge in [-0.25, -0.2) is 0 Å². The van der Waals surface area contributed by atoms with Crippen LogP contribution in [0.1, 0.15) is 12.5 Å². The first-order valence-corrected chi connectivity index (χ1v) is 4.39. The summed E-state index contributed by atoms with van der Waals surface area (Å²) in [5.41, 5.74) is 8.64. The lowest BCUT2D eigenvalue weighted by molar-refractivity contribution is 0.185. The number of methoxy groups -OCH3 is 1. The van der Waals surface area contributed by atoms with Crippen LogP contribution in [0.4, 0.5) is 11.4 Å². The molecule has 3 N–H and O–H groups in total. The van der Waals surface area contributed by atoms with E-state index in [1.54, 1.807) is 7.11 Å². The second-order valence-electron chi connectivity index (χ2n) is 2.88. The van der Waals surface area contributed by atoms with Crippen LogP contribution in [-0.4, -0.2) is 13.7 Å². The molecule has 1 aromatic rings. The molecule has 3 heteroatoms. The summed E-state index contributed by atoms with van der Waals surface area (Å²) in [5, 5.41) is 3.25. The van der Waals surface area contributed by atoms with E-state index in [0.29, 0.717) is 6.61 Å². The summed E-state index contributed by atoms with van der Waals surface area (Å²) < 4.78 is 5.07. The van der Waals surface area contributed by atoms with Gasteiger partial charge in [-0.05, 0) is 25.1 Å². The van der Waals surface area contributed by atoms with Crippen LogP contribution in [0.2, 0.25) is 0 Å². The van der Waals surface area contributed by atoms with Crippen LogP contribution in [-0.2, 0) is 11.3 Å². The molecule has 72 valence electrons. The predicted octanol–water partition coefficient (Wildman–Crippen LogP) is 1.85. The van der Waals surface area contributed by atoms with Crippen molar-refractivity contribution in [3.63, 3.8) is 0 Å². The van der Waals surface area contributed by atoms with Gasteiger partial charge in [0.2, 0.25) is 0 Å². The van der Waals surface area contributed by atoms with E-state index in [1.807, 2.05) is 18.2 Å². The number of nitrogens with one attached hydrogen (secondary N) is 1. The largest absolute Gasteiger partial charge is 0.399 e. The first-order valence-electron chi connectivity index (χ1n) is 4.39. The molecule has 13 heavy (non-hydrogen) atoms. The number of anilines is 2. The Hall–Kier alpha value is -1.22. The van der Waals surface area contributed by atoms with Crippen LogP contribution >= 0.6 is 0 Å². The summed E-state index contributed by atoms with van der Waals surface area (Å²) in [6.07, 6.45) is 0. The Morgan fingerprint density at radius 1 is 1.46 bits per heavy atom. The highest BCUT2D eigenvalue weighted by Gasteiger charge is 2.00. The van der Waals surface area contributed by atoms with Crippen molar-refractivity contribution in [1.82, 2.24) is 0 Å². The fraction of sp³-hybridized carbons (Fsp3) is 0.400. The summed E-state index contributed by atoms with van der Waals surface area (Å²) in [7, 11) is 1.68. The quantitative estimate of drug-likeness (QED) is 0.695. The molecule has 0 unspecified atom stereocenters. The molecule has 0 aliphatic heterocycles. The Morgan fingerprint density at radius 2 is 2.23 bits per heavy atom. The van der Waals surface area contributed by atoms with Crippen LogP contribution < -0.4 is 11.1 Å². The van der Waals surface area contributed by atoms with Gasteiger partial charge in [0.05, 0.1) is 6.61 Å². The Balaban J connectivity index is 2.89. The predicted molar refractivity (Wildman–Crippen MR) is 55.7 cm³/mol. The average molecular weight is 180 g/mol. The van der Waals surface area contributed by atoms with Crippen LogP contribution in [0.25, 0.3) is 0 Å². The van der Waals surface area contributed by atoms with Gasteiger partial charge in [0.15, 0.2) is 0 Å². The zero-order valence-corrected chi connectivity index (χ0v) is 8.13. The van der Waals surface area contributed by atoms with Gasteiger partial charge in [0.25, 0.3) is 0 Å². The molecule has 0 heterocycles. The molecule has 1 rings (SSSR count). The van der Waals surface area contributed by atoms with E-state index >= 15 is 0 Å². The van der Waals surface area contributed by atoms with Gasteiger partial charge in [0.1, 0.15) is 0 Å². The maximum absolute atomic E-state index is 5.67. The van der Waals surface area contributed by atoms with E-state index in [0.717, 1.165) is 23.5 Å². The normalized spacial score (nSPS) is 10.0. The van der Waals surface area contributed by atoms with E-state index in [-0.39, 0.29) is 0 Å². The fourth-order valence-corrected chi connectivity index (χ4v) is 1.25. The van der Waals surface area contributed by atoms with Gasteiger partial charge in [-0.3, -0.25) is 0 Å². The molecule has 0 amide bonds. The zero-order valence-electron chi connectivity index (χ0n) is 8.13. The molecule has 3 nitrogen and oxygen atoms in total. The Bertz CT molecular complexity index is 274. The van der Waals surface area contributed by atoms with Crippen molar-refractivity contribution in [3.8, 4) is 0 Å². The van der Waals surface area contributed by atoms with Crippen LogP contribution in [0.3, 0.4) is 0 Å². The summed E-state index contributed by atoms with van der Waals surface area (Å²) in [5.74, 6) is 0. The van der Waals surface area contributed by atoms with E-state index in [2.05, 4.69) is 12.2 Å². The third-order valence-corrected chi connectivity index (χ3v) is 1.80. The third-order valence-electron chi connectivity index (χ3n) is 1.80. The summed E-state index contributed by atoms with van der Waals surface area (Å²) >= 11 is 0. The first-order chi connectivity index (χ1) is 6.27. The lowest BCUT2D eigenvalue weighted by atomic mass is 10.1. The highest BCUT2D eigenvalue weighted by atomic mass is 16.5. The molecule has 0 fully saturated rings. The summed E-state index contributed by atoms with van der Waals surface area (Å²) in [4.78, 5) is 0.